The Morgan fingerprint density at radius 3 is 2.46 bits per heavy atom. The normalized spacial score (nSPS) is 13.8. The Morgan fingerprint density at radius 2 is 1.80 bits per heavy atom. The molecule has 2 amide bonds. The van der Waals surface area contributed by atoms with Crippen LogP contribution in [-0.2, 0) is 11.3 Å². The van der Waals surface area contributed by atoms with E-state index in [2.05, 4.69) is 15.7 Å². The molecule has 9 nitrogen and oxygen atoms in total. The van der Waals surface area contributed by atoms with Crippen molar-refractivity contribution in [3.8, 4) is 11.5 Å². The molecule has 0 unspecified atom stereocenters. The summed E-state index contributed by atoms with van der Waals surface area (Å²) >= 11 is 6.16. The molecule has 1 fully saturated rings. The Hall–Kier alpha value is -3.56. The smallest absolute Gasteiger partial charge is 0.269 e. The van der Waals surface area contributed by atoms with Crippen LogP contribution < -0.4 is 20.1 Å². The van der Waals surface area contributed by atoms with Gasteiger partial charge in [0.25, 0.3) is 11.8 Å². The summed E-state index contributed by atoms with van der Waals surface area (Å²) in [5, 5.41) is 10.6. The second-order valence-corrected chi connectivity index (χ2v) is 8.49. The van der Waals surface area contributed by atoms with Gasteiger partial charge in [0.05, 0.1) is 25.8 Å². The van der Waals surface area contributed by atoms with Crippen LogP contribution in [0.4, 0.5) is 5.82 Å². The minimum atomic E-state index is -0.403. The molecule has 184 valence electrons. The second kappa shape index (κ2) is 11.2. The van der Waals surface area contributed by atoms with Gasteiger partial charge < -0.3 is 24.8 Å². The monoisotopic (exact) mass is 498 g/mol. The number of carbonyl (C=O) groups is 2. The number of hydrogen-bond acceptors (Lipinski definition) is 6. The van der Waals surface area contributed by atoms with E-state index in [1.807, 2.05) is 24.3 Å². The molecule has 0 atom stereocenters. The van der Waals surface area contributed by atoms with Gasteiger partial charge in [0.1, 0.15) is 17.2 Å². The van der Waals surface area contributed by atoms with Crippen molar-refractivity contribution in [3.05, 3.63) is 70.4 Å². The fourth-order valence-corrected chi connectivity index (χ4v) is 4.04. The third kappa shape index (κ3) is 6.12. The zero-order valence-electron chi connectivity index (χ0n) is 19.5. The van der Waals surface area contributed by atoms with Gasteiger partial charge in [-0.15, -0.1) is 0 Å². The molecule has 0 radical (unpaired) electrons. The molecule has 4 rings (SSSR count). The Morgan fingerprint density at radius 1 is 1.06 bits per heavy atom. The summed E-state index contributed by atoms with van der Waals surface area (Å²) in [7, 11) is 3.11. The first kappa shape index (κ1) is 24.6. The van der Waals surface area contributed by atoms with E-state index in [1.165, 1.54) is 13.2 Å². The first-order valence-electron chi connectivity index (χ1n) is 11.2. The Balaban J connectivity index is 1.56. The van der Waals surface area contributed by atoms with Crippen molar-refractivity contribution in [3.63, 3.8) is 0 Å². The van der Waals surface area contributed by atoms with Gasteiger partial charge in [-0.1, -0.05) is 23.7 Å². The van der Waals surface area contributed by atoms with Crippen molar-refractivity contribution in [2.75, 3.05) is 32.8 Å². The summed E-state index contributed by atoms with van der Waals surface area (Å²) in [5.74, 6) is 0.801. The predicted molar refractivity (Wildman–Crippen MR) is 132 cm³/mol. The average molecular weight is 499 g/mol. The van der Waals surface area contributed by atoms with Crippen molar-refractivity contribution in [2.45, 2.75) is 25.4 Å². The van der Waals surface area contributed by atoms with Gasteiger partial charge in [-0.2, -0.15) is 5.10 Å². The van der Waals surface area contributed by atoms with Gasteiger partial charge >= 0.3 is 0 Å². The fraction of sp³-hybridized carbons (Fsp3) is 0.320. The lowest BCUT2D eigenvalue weighted by Gasteiger charge is -2.23. The molecule has 0 saturated carbocycles. The van der Waals surface area contributed by atoms with Gasteiger partial charge in [0.15, 0.2) is 5.82 Å². The highest BCUT2D eigenvalue weighted by Gasteiger charge is 2.22. The third-order valence-electron chi connectivity index (χ3n) is 5.72. The fourth-order valence-electron chi connectivity index (χ4n) is 3.78. The lowest BCUT2D eigenvalue weighted by molar-refractivity contribution is 0.0691. The number of aromatic nitrogens is 2. The van der Waals surface area contributed by atoms with E-state index in [9.17, 15) is 9.59 Å². The van der Waals surface area contributed by atoms with Crippen LogP contribution >= 0.6 is 11.6 Å². The lowest BCUT2D eigenvalue weighted by Crippen LogP contribution is -2.39. The van der Waals surface area contributed by atoms with Crippen molar-refractivity contribution < 1.29 is 23.8 Å². The molecular formula is C25H27ClN4O5. The molecule has 3 aromatic rings. The van der Waals surface area contributed by atoms with Crippen LogP contribution in [0.5, 0.6) is 11.5 Å². The van der Waals surface area contributed by atoms with Crippen molar-refractivity contribution in [2.24, 2.45) is 0 Å². The molecule has 0 bridgehead atoms. The van der Waals surface area contributed by atoms with Crippen molar-refractivity contribution in [1.82, 2.24) is 15.1 Å². The van der Waals surface area contributed by atoms with Crippen LogP contribution in [0.2, 0.25) is 5.02 Å². The summed E-state index contributed by atoms with van der Waals surface area (Å²) < 4.78 is 17.3. The summed E-state index contributed by atoms with van der Waals surface area (Å²) in [6.45, 7) is 1.56. The van der Waals surface area contributed by atoms with Gasteiger partial charge in [0.2, 0.25) is 0 Å². The minimum Gasteiger partial charge on any atom is -0.497 e. The number of benzene rings is 2. The number of halogens is 1. The van der Waals surface area contributed by atoms with Crippen molar-refractivity contribution in [1.29, 1.82) is 0 Å². The molecule has 2 heterocycles. The SMILES string of the molecule is COc1ccc(Cn2nc(NC(=O)c3ccc(OC)c(Cl)c3)cc2C(=O)NC2CCOCC2)cc1. The number of amides is 2. The van der Waals surface area contributed by atoms with E-state index < -0.39 is 5.91 Å². The van der Waals surface area contributed by atoms with E-state index in [4.69, 9.17) is 25.8 Å². The molecule has 0 spiro atoms. The highest BCUT2D eigenvalue weighted by molar-refractivity contribution is 6.32. The first-order chi connectivity index (χ1) is 17.0. The average Bonchev–Trinajstić information content (AvgIpc) is 3.27. The van der Waals surface area contributed by atoms with E-state index in [-0.39, 0.29) is 17.8 Å². The Labute approximate surface area is 208 Å². The van der Waals surface area contributed by atoms with Crippen LogP contribution in [-0.4, -0.2) is 55.1 Å². The summed E-state index contributed by atoms with van der Waals surface area (Å²) in [6.07, 6.45) is 1.50. The maximum atomic E-state index is 13.1. The quantitative estimate of drug-likeness (QED) is 0.490. The van der Waals surface area contributed by atoms with Crippen LogP contribution in [0.15, 0.2) is 48.5 Å². The zero-order chi connectivity index (χ0) is 24.8. The zero-order valence-corrected chi connectivity index (χ0v) is 20.3. The molecular weight excluding hydrogens is 472 g/mol. The number of nitrogens with one attached hydrogen (secondary N) is 2. The summed E-state index contributed by atoms with van der Waals surface area (Å²) in [5.41, 5.74) is 1.61. The van der Waals surface area contributed by atoms with Gasteiger partial charge in [-0.3, -0.25) is 14.3 Å². The number of ether oxygens (including phenoxy) is 3. The molecule has 1 aromatic heterocycles. The molecule has 1 aliphatic rings. The molecule has 2 N–H and O–H groups in total. The Bertz CT molecular complexity index is 1190. The van der Waals surface area contributed by atoms with Gasteiger partial charge in [0, 0.05) is 30.9 Å². The molecule has 1 saturated heterocycles. The number of rotatable bonds is 8. The largest absolute Gasteiger partial charge is 0.497 e. The minimum absolute atomic E-state index is 0.0278. The van der Waals surface area contributed by atoms with E-state index in [1.54, 1.807) is 30.0 Å². The number of anilines is 1. The molecule has 10 heteroatoms. The van der Waals surface area contributed by atoms with E-state index in [0.29, 0.717) is 41.8 Å². The molecule has 0 aliphatic carbocycles. The van der Waals surface area contributed by atoms with Crippen LogP contribution in [0, 0.1) is 0 Å². The highest BCUT2D eigenvalue weighted by Crippen LogP contribution is 2.25. The summed E-state index contributed by atoms with van der Waals surface area (Å²) in [4.78, 5) is 25.9. The van der Waals surface area contributed by atoms with Crippen molar-refractivity contribution >= 4 is 29.2 Å². The highest BCUT2D eigenvalue weighted by atomic mass is 35.5. The van der Waals surface area contributed by atoms with Gasteiger partial charge in [-0.05, 0) is 48.7 Å². The predicted octanol–water partition coefficient (Wildman–Crippen LogP) is 3.76. The van der Waals surface area contributed by atoms with E-state index >= 15 is 0 Å². The third-order valence-corrected chi connectivity index (χ3v) is 6.01. The number of methoxy groups -OCH3 is 2. The molecule has 2 aromatic carbocycles. The maximum Gasteiger partial charge on any atom is 0.269 e. The molecule has 1 aliphatic heterocycles. The van der Waals surface area contributed by atoms with Crippen LogP contribution in [0.25, 0.3) is 0 Å². The lowest BCUT2D eigenvalue weighted by atomic mass is 10.1. The number of nitrogens with zero attached hydrogens (tertiary/aromatic N) is 2. The number of hydrogen-bond donors (Lipinski definition) is 2. The maximum absolute atomic E-state index is 13.1. The topological polar surface area (TPSA) is 104 Å². The van der Waals surface area contributed by atoms with Crippen LogP contribution in [0.3, 0.4) is 0 Å². The van der Waals surface area contributed by atoms with Gasteiger partial charge in [-0.25, -0.2) is 0 Å². The number of carbonyl (C=O) groups excluding carboxylic acids is 2. The Kier molecular flexibility index (Phi) is 7.89. The molecule has 35 heavy (non-hydrogen) atoms. The van der Waals surface area contributed by atoms with E-state index in [0.717, 1.165) is 24.2 Å². The summed E-state index contributed by atoms with van der Waals surface area (Å²) in [6, 6.07) is 13.8. The second-order valence-electron chi connectivity index (χ2n) is 8.08. The first-order valence-corrected chi connectivity index (χ1v) is 11.6. The standard InChI is InChI=1S/C25H27ClN4O5/c1-33-19-6-3-16(4-7-19)15-30-21(25(32)27-18-9-11-35-12-10-18)14-23(29-30)28-24(31)17-5-8-22(34-2)20(26)13-17/h3-8,13-14,18H,9-12,15H2,1-2H3,(H,27,32)(H,28,29,31). The van der Waals surface area contributed by atoms with Crippen LogP contribution in [0.1, 0.15) is 39.3 Å².